The molecule has 0 fully saturated rings. The summed E-state index contributed by atoms with van der Waals surface area (Å²) < 4.78 is 72.2. The molecule has 0 aromatic heterocycles. The van der Waals surface area contributed by atoms with E-state index in [-0.39, 0.29) is 59.9 Å². The first-order chi connectivity index (χ1) is 41.0. The van der Waals surface area contributed by atoms with Gasteiger partial charge in [0.25, 0.3) is 0 Å². The summed E-state index contributed by atoms with van der Waals surface area (Å²) in [6, 6.07) is 30.0. The Bertz CT molecular complexity index is 2360. The number of para-hydroxylation sites is 2. The minimum absolute atomic E-state index is 0. The Morgan fingerprint density at radius 3 is 0.800 bits per heavy atom. The van der Waals surface area contributed by atoms with Gasteiger partial charge in [-0.1, -0.05) is 331 Å². The number of nitrogens with zero attached hydrogens (tertiary/aromatic N) is 2. The number of unbranched alkanes of at least 4 members (excludes halogenated alkanes) is 38. The Kier molecular flexibility index (Phi) is 39.9. The van der Waals surface area contributed by atoms with E-state index >= 15 is 0 Å². The molecule has 2 heterocycles. The number of anilines is 4. The first-order valence-corrected chi connectivity index (χ1v) is 37.1. The summed E-state index contributed by atoms with van der Waals surface area (Å²) >= 11 is 0. The second-order valence-corrected chi connectivity index (χ2v) is 27.5. The van der Waals surface area contributed by atoms with Gasteiger partial charge in [0, 0.05) is 13.1 Å². The quantitative estimate of drug-likeness (QED) is 0.0249. The van der Waals surface area contributed by atoms with Gasteiger partial charge >= 0.3 is 37.7 Å². The molecule has 0 saturated carbocycles. The first-order valence-electron chi connectivity index (χ1n) is 34.3. The molecule has 2 aliphatic rings. The summed E-state index contributed by atoms with van der Waals surface area (Å²) in [5.41, 5.74) is 4.71. The summed E-state index contributed by atoms with van der Waals surface area (Å²) in [5.74, 6) is 0. The number of hydrogen-bond donors (Lipinski definition) is 2. The van der Waals surface area contributed by atoms with E-state index in [1.165, 1.54) is 256 Å². The minimum Gasteiger partial charge on any atom is -0.744 e. The second-order valence-electron chi connectivity index (χ2n) is 24.8. The van der Waals surface area contributed by atoms with Crippen molar-refractivity contribution in [1.82, 2.24) is 0 Å². The van der Waals surface area contributed by atoms with Gasteiger partial charge in [0.05, 0.1) is 44.9 Å². The van der Waals surface area contributed by atoms with Crippen molar-refractivity contribution in [2.75, 3.05) is 20.4 Å². The van der Waals surface area contributed by atoms with Gasteiger partial charge in [0.1, 0.15) is 20.2 Å². The molecular weight excluding hydrogens is 1120 g/mol. The average Bonchev–Trinajstić information content (AvgIpc) is 4.09. The Balaban J connectivity index is 0.000000360. The third-order valence-electron chi connectivity index (χ3n) is 17.6. The second kappa shape index (κ2) is 45.4. The van der Waals surface area contributed by atoms with Crippen LogP contribution in [0.4, 0.5) is 22.7 Å². The number of rotatable bonds is 48. The molecule has 2 atom stereocenters. The van der Waals surface area contributed by atoms with Crippen molar-refractivity contribution in [3.8, 4) is 0 Å². The van der Waals surface area contributed by atoms with E-state index in [1.54, 1.807) is 12.1 Å². The predicted octanol–water partition coefficient (Wildman–Crippen LogP) is 20.7. The van der Waals surface area contributed by atoms with Crippen molar-refractivity contribution in [2.45, 2.75) is 319 Å². The van der Waals surface area contributed by atoms with Crippen LogP contribution >= 0.6 is 0 Å². The van der Waals surface area contributed by atoms with Crippen LogP contribution in [0.1, 0.15) is 295 Å². The van der Waals surface area contributed by atoms with Gasteiger partial charge in [-0.05, 0) is 61.1 Å². The SMILES string of the molecule is CCCCCCCCCCCCCCCCCCCCCCC1Nc2cccc(S(=O)(=O)[O-])c2N1Cc1ccccc1.CCCCCCCCCCCCCCCCCCCCCCC1Nc2cccc(S(=O)(=O)[O-])c2N1Cc1ccccc1.[Ca+2]. The zero-order valence-corrected chi connectivity index (χ0v) is 57.2. The average molecular weight is 1240 g/mol. The smallest absolute Gasteiger partial charge is 0.744 e. The van der Waals surface area contributed by atoms with Crippen molar-refractivity contribution in [2.24, 2.45) is 0 Å². The summed E-state index contributed by atoms with van der Waals surface area (Å²) in [6.45, 7) is 5.71. The van der Waals surface area contributed by atoms with Crippen molar-refractivity contribution in [3.05, 3.63) is 108 Å². The number of nitrogens with one attached hydrogen (secondary N) is 2. The molecule has 2 unspecified atom stereocenters. The van der Waals surface area contributed by atoms with Crippen molar-refractivity contribution in [3.63, 3.8) is 0 Å². The van der Waals surface area contributed by atoms with Crippen molar-refractivity contribution < 1.29 is 25.9 Å². The molecule has 2 N–H and O–H groups in total. The molecule has 0 saturated heterocycles. The third kappa shape index (κ3) is 30.5. The summed E-state index contributed by atoms with van der Waals surface area (Å²) in [6.07, 6.45) is 56.4. The molecule has 472 valence electrons. The maximum Gasteiger partial charge on any atom is 2.00 e. The van der Waals surface area contributed by atoms with E-state index in [0.717, 1.165) is 48.2 Å². The molecule has 4 aromatic carbocycles. The minimum atomic E-state index is -4.56. The number of hydrogen-bond acceptors (Lipinski definition) is 10. The van der Waals surface area contributed by atoms with Gasteiger partial charge in [0.15, 0.2) is 0 Å². The summed E-state index contributed by atoms with van der Waals surface area (Å²) in [4.78, 5) is 3.89. The summed E-state index contributed by atoms with van der Waals surface area (Å²) in [7, 11) is -9.13. The van der Waals surface area contributed by atoms with Gasteiger partial charge in [-0.15, -0.1) is 0 Å². The van der Waals surface area contributed by atoms with Crippen LogP contribution in [0.2, 0.25) is 0 Å². The van der Waals surface area contributed by atoms with E-state index in [0.29, 0.717) is 24.5 Å². The maximum atomic E-state index is 12.0. The zero-order valence-electron chi connectivity index (χ0n) is 53.4. The van der Waals surface area contributed by atoms with Crippen LogP contribution in [-0.2, 0) is 33.3 Å². The molecule has 13 heteroatoms. The zero-order chi connectivity index (χ0) is 59.8. The third-order valence-corrected chi connectivity index (χ3v) is 19.3. The Hall–Kier alpha value is -2.84. The van der Waals surface area contributed by atoms with E-state index in [2.05, 4.69) is 34.3 Å². The Morgan fingerprint density at radius 2 is 0.565 bits per heavy atom. The maximum absolute atomic E-state index is 12.0. The monoisotopic (exact) mass is 1230 g/mol. The van der Waals surface area contributed by atoms with Crippen LogP contribution in [-0.4, -0.2) is 76.0 Å². The molecular formula is C72H114CaN4O6S2. The van der Waals surface area contributed by atoms with Gasteiger partial charge < -0.3 is 29.5 Å². The van der Waals surface area contributed by atoms with E-state index in [1.807, 2.05) is 72.8 Å². The molecule has 0 aliphatic carbocycles. The van der Waals surface area contributed by atoms with Crippen LogP contribution in [0, 0.1) is 0 Å². The molecule has 6 rings (SSSR count). The van der Waals surface area contributed by atoms with Gasteiger partial charge in [0.2, 0.25) is 0 Å². The molecule has 0 spiro atoms. The fraction of sp³-hybridized carbons (Fsp3) is 0.667. The van der Waals surface area contributed by atoms with Crippen molar-refractivity contribution in [1.29, 1.82) is 0 Å². The Morgan fingerprint density at radius 1 is 0.329 bits per heavy atom. The summed E-state index contributed by atoms with van der Waals surface area (Å²) in [5, 5.41) is 7.00. The Labute approximate surface area is 549 Å². The molecule has 0 radical (unpaired) electrons. The molecule has 4 aromatic rings. The topological polar surface area (TPSA) is 145 Å². The molecule has 10 nitrogen and oxygen atoms in total. The van der Waals surface area contributed by atoms with Crippen LogP contribution < -0.4 is 20.4 Å². The fourth-order valence-corrected chi connectivity index (χ4v) is 14.1. The van der Waals surface area contributed by atoms with Crippen LogP contribution in [0.5, 0.6) is 0 Å². The molecule has 85 heavy (non-hydrogen) atoms. The number of fused-ring (bicyclic) bond motifs is 2. The standard InChI is InChI=1S/2C36H58N2O3S.Ca/c2*1-2-3-4-5-6-7-8-9-10-11-12-13-14-15-16-17-18-19-20-24-30-35-37-33-28-25-29-34(42(39,40)41)36(33)38(35)31-32-26-22-21-23-27-32;/h2*21-23,25-29,35,37H,2-20,24,30-31H2,1H3,(H,39,40,41);/q;;+2/p-2. The molecule has 0 amide bonds. The van der Waals surface area contributed by atoms with E-state index in [9.17, 15) is 25.9 Å². The fourth-order valence-electron chi connectivity index (χ4n) is 12.7. The van der Waals surface area contributed by atoms with E-state index < -0.39 is 20.2 Å². The van der Waals surface area contributed by atoms with Gasteiger partial charge in [-0.3, -0.25) is 0 Å². The normalized spacial score (nSPS) is 14.5. The predicted molar refractivity (Wildman–Crippen MR) is 360 cm³/mol. The largest absolute Gasteiger partial charge is 2.00 e. The van der Waals surface area contributed by atoms with Crippen LogP contribution in [0.25, 0.3) is 0 Å². The van der Waals surface area contributed by atoms with Crippen molar-refractivity contribution >= 4 is 80.7 Å². The van der Waals surface area contributed by atoms with E-state index in [4.69, 9.17) is 0 Å². The molecule has 0 bridgehead atoms. The molecule has 2 aliphatic heterocycles. The van der Waals surface area contributed by atoms with Crippen LogP contribution in [0.15, 0.2) is 107 Å². The van der Waals surface area contributed by atoms with Gasteiger partial charge in [-0.2, -0.15) is 0 Å². The van der Waals surface area contributed by atoms with Crippen LogP contribution in [0.3, 0.4) is 0 Å². The van der Waals surface area contributed by atoms with Gasteiger partial charge in [-0.25, -0.2) is 16.8 Å². The first kappa shape index (κ1) is 74.6. The number of benzene rings is 4.